The lowest BCUT2D eigenvalue weighted by Gasteiger charge is -2.08. The van der Waals surface area contributed by atoms with Crippen LogP contribution in [0.2, 0.25) is 0 Å². The summed E-state index contributed by atoms with van der Waals surface area (Å²) < 4.78 is 11.7. The number of hydrogen-bond donors (Lipinski definition) is 0. The molecule has 0 atom stereocenters. The highest BCUT2D eigenvalue weighted by molar-refractivity contribution is 6.13. The first kappa shape index (κ1) is 15.8. The van der Waals surface area contributed by atoms with Gasteiger partial charge in [0.15, 0.2) is 0 Å². The largest absolute Gasteiger partial charge is 0.497 e. The Balaban J connectivity index is 2.45. The Morgan fingerprint density at radius 1 is 1.04 bits per heavy atom. The van der Waals surface area contributed by atoms with Gasteiger partial charge >= 0.3 is 5.97 Å². The van der Waals surface area contributed by atoms with Gasteiger partial charge in [0.05, 0.1) is 25.3 Å². The number of benzene rings is 2. The monoisotopic (exact) mass is 323 g/mol. The molecule has 3 rings (SSSR count). The van der Waals surface area contributed by atoms with Gasteiger partial charge in [-0.2, -0.15) is 0 Å². The topological polar surface area (TPSA) is 57.5 Å². The van der Waals surface area contributed by atoms with Crippen molar-refractivity contribution in [1.29, 1.82) is 0 Å². The number of methoxy groups -OCH3 is 2. The van der Waals surface area contributed by atoms with Crippen molar-refractivity contribution in [2.24, 2.45) is 0 Å². The molecule has 122 valence electrons. The third-order valence-electron chi connectivity index (χ3n) is 3.94. The number of aromatic nitrogens is 1. The Morgan fingerprint density at radius 3 is 2.33 bits per heavy atom. The molecule has 0 spiro atoms. The van der Waals surface area contributed by atoms with Crippen molar-refractivity contribution in [3.63, 3.8) is 0 Å². The van der Waals surface area contributed by atoms with Gasteiger partial charge in [0.25, 0.3) is 0 Å². The summed E-state index contributed by atoms with van der Waals surface area (Å²) in [5.41, 5.74) is 2.69. The predicted octanol–water partition coefficient (Wildman–Crippen LogP) is 3.76. The molecule has 0 N–H and O–H groups in total. The number of nitrogens with zero attached hydrogens (tertiary/aromatic N) is 1. The number of carbonyl (C=O) groups is 2. The molecule has 0 radical (unpaired) electrons. The lowest BCUT2D eigenvalue weighted by Crippen LogP contribution is -2.05. The van der Waals surface area contributed by atoms with Gasteiger partial charge in [0.2, 0.25) is 5.91 Å². The number of carbonyl (C=O) groups excluding carboxylic acids is 2. The van der Waals surface area contributed by atoms with Crippen LogP contribution in [-0.2, 0) is 4.74 Å². The van der Waals surface area contributed by atoms with Gasteiger partial charge in [-0.15, -0.1) is 0 Å². The summed E-state index contributed by atoms with van der Waals surface area (Å²) in [6, 6.07) is 13.0. The molecule has 5 heteroatoms. The van der Waals surface area contributed by atoms with E-state index < -0.39 is 5.97 Å². The van der Waals surface area contributed by atoms with E-state index in [4.69, 9.17) is 9.47 Å². The summed E-state index contributed by atoms with van der Waals surface area (Å²) in [4.78, 5) is 24.3. The van der Waals surface area contributed by atoms with E-state index in [-0.39, 0.29) is 5.91 Å². The standard InChI is InChI=1S/C19H17NO4/c1-12(21)20-11-16(13-7-5-4-6-8-13)18-15(19(22)24-3)9-14(23-2)10-17(18)20/h4-11H,1-3H3. The summed E-state index contributed by atoms with van der Waals surface area (Å²) in [6.07, 6.45) is 1.74. The summed E-state index contributed by atoms with van der Waals surface area (Å²) in [5.74, 6) is -0.133. The van der Waals surface area contributed by atoms with Crippen LogP contribution < -0.4 is 4.74 Å². The average Bonchev–Trinajstić information content (AvgIpc) is 3.00. The fourth-order valence-corrected chi connectivity index (χ4v) is 2.82. The minimum absolute atomic E-state index is 0.147. The highest BCUT2D eigenvalue weighted by Gasteiger charge is 2.21. The summed E-state index contributed by atoms with van der Waals surface area (Å²) in [7, 11) is 2.85. The smallest absolute Gasteiger partial charge is 0.338 e. The molecule has 0 bridgehead atoms. The number of rotatable bonds is 3. The lowest BCUT2D eigenvalue weighted by molar-refractivity contribution is 0.0602. The second-order valence-corrected chi connectivity index (χ2v) is 5.36. The zero-order valence-corrected chi connectivity index (χ0v) is 13.7. The Kier molecular flexibility index (Phi) is 4.08. The van der Waals surface area contributed by atoms with Gasteiger partial charge in [0.1, 0.15) is 5.75 Å². The van der Waals surface area contributed by atoms with Crippen LogP contribution in [0.15, 0.2) is 48.7 Å². The second-order valence-electron chi connectivity index (χ2n) is 5.36. The molecule has 2 aromatic carbocycles. The van der Waals surface area contributed by atoms with E-state index in [1.165, 1.54) is 25.7 Å². The van der Waals surface area contributed by atoms with Crippen LogP contribution >= 0.6 is 0 Å². The number of hydrogen-bond acceptors (Lipinski definition) is 4. The van der Waals surface area contributed by atoms with Crippen molar-refractivity contribution >= 4 is 22.8 Å². The van der Waals surface area contributed by atoms with Crippen LogP contribution in [0.25, 0.3) is 22.0 Å². The quantitative estimate of drug-likeness (QED) is 0.689. The van der Waals surface area contributed by atoms with Crippen LogP contribution in [0.1, 0.15) is 22.1 Å². The maximum Gasteiger partial charge on any atom is 0.338 e. The van der Waals surface area contributed by atoms with Gasteiger partial charge < -0.3 is 9.47 Å². The first-order valence-electron chi connectivity index (χ1n) is 7.44. The molecule has 24 heavy (non-hydrogen) atoms. The molecule has 0 aliphatic heterocycles. The van der Waals surface area contributed by atoms with E-state index in [0.29, 0.717) is 22.2 Å². The Bertz CT molecular complexity index is 925. The van der Waals surface area contributed by atoms with Gasteiger partial charge in [-0.1, -0.05) is 30.3 Å². The van der Waals surface area contributed by atoms with E-state index in [9.17, 15) is 9.59 Å². The third-order valence-corrected chi connectivity index (χ3v) is 3.94. The fraction of sp³-hybridized carbons (Fsp3) is 0.158. The number of esters is 1. The third kappa shape index (κ3) is 2.54. The molecule has 0 saturated carbocycles. The SMILES string of the molecule is COC(=O)c1cc(OC)cc2c1c(-c1ccccc1)cn2C(C)=O. The lowest BCUT2D eigenvalue weighted by atomic mass is 10.0. The second kappa shape index (κ2) is 6.20. The Labute approximate surface area is 139 Å². The van der Waals surface area contributed by atoms with Gasteiger partial charge in [-0.05, 0) is 11.6 Å². The van der Waals surface area contributed by atoms with E-state index in [0.717, 1.165) is 11.1 Å². The zero-order chi connectivity index (χ0) is 17.3. The maximum atomic E-state index is 12.3. The highest BCUT2D eigenvalue weighted by atomic mass is 16.5. The zero-order valence-electron chi connectivity index (χ0n) is 13.7. The molecule has 0 unspecified atom stereocenters. The van der Waals surface area contributed by atoms with Gasteiger partial charge in [-0.3, -0.25) is 9.36 Å². The Morgan fingerprint density at radius 2 is 1.75 bits per heavy atom. The minimum atomic E-state index is -0.475. The summed E-state index contributed by atoms with van der Waals surface area (Å²) in [5, 5.41) is 0.670. The fourth-order valence-electron chi connectivity index (χ4n) is 2.82. The first-order chi connectivity index (χ1) is 11.6. The molecule has 0 aliphatic carbocycles. The minimum Gasteiger partial charge on any atom is -0.497 e. The molecule has 5 nitrogen and oxygen atoms in total. The van der Waals surface area contributed by atoms with Crippen LogP contribution in [-0.4, -0.2) is 30.7 Å². The van der Waals surface area contributed by atoms with E-state index in [1.807, 2.05) is 30.3 Å². The predicted molar refractivity (Wildman–Crippen MR) is 91.6 cm³/mol. The molecule has 3 aromatic rings. The van der Waals surface area contributed by atoms with Crippen molar-refractivity contribution in [1.82, 2.24) is 4.57 Å². The molecule has 0 fully saturated rings. The Hall–Kier alpha value is -3.08. The van der Waals surface area contributed by atoms with Crippen molar-refractivity contribution < 1.29 is 19.1 Å². The van der Waals surface area contributed by atoms with E-state index in [1.54, 1.807) is 18.3 Å². The maximum absolute atomic E-state index is 12.3. The van der Waals surface area contributed by atoms with Crippen molar-refractivity contribution in [2.45, 2.75) is 6.92 Å². The molecule has 0 amide bonds. The molecule has 1 aromatic heterocycles. The van der Waals surface area contributed by atoms with Crippen molar-refractivity contribution in [2.75, 3.05) is 14.2 Å². The first-order valence-corrected chi connectivity index (χ1v) is 7.44. The molecule has 0 aliphatic rings. The molecular weight excluding hydrogens is 306 g/mol. The molecule has 0 saturated heterocycles. The number of ether oxygens (including phenoxy) is 2. The van der Waals surface area contributed by atoms with Gasteiger partial charge in [-0.25, -0.2) is 4.79 Å². The summed E-state index contributed by atoms with van der Waals surface area (Å²) in [6.45, 7) is 1.48. The van der Waals surface area contributed by atoms with E-state index >= 15 is 0 Å². The van der Waals surface area contributed by atoms with Crippen molar-refractivity contribution in [3.8, 4) is 16.9 Å². The summed E-state index contributed by atoms with van der Waals surface area (Å²) >= 11 is 0. The van der Waals surface area contributed by atoms with Crippen LogP contribution in [0.5, 0.6) is 5.75 Å². The van der Waals surface area contributed by atoms with Gasteiger partial charge in [0, 0.05) is 30.1 Å². The van der Waals surface area contributed by atoms with Crippen molar-refractivity contribution in [3.05, 3.63) is 54.2 Å². The molecule has 1 heterocycles. The van der Waals surface area contributed by atoms with Crippen LogP contribution in [0, 0.1) is 0 Å². The molecular formula is C19H17NO4. The average molecular weight is 323 g/mol. The number of fused-ring (bicyclic) bond motifs is 1. The normalized spacial score (nSPS) is 10.6. The highest BCUT2D eigenvalue weighted by Crippen LogP contribution is 2.36. The van der Waals surface area contributed by atoms with E-state index in [2.05, 4.69) is 0 Å². The van der Waals surface area contributed by atoms with Crippen LogP contribution in [0.4, 0.5) is 0 Å². The van der Waals surface area contributed by atoms with Crippen LogP contribution in [0.3, 0.4) is 0 Å².